The Hall–Kier alpha value is -3.04. The van der Waals surface area contributed by atoms with Gasteiger partial charge in [-0.25, -0.2) is 4.39 Å². The molecule has 0 unspecified atom stereocenters. The number of pyridine rings is 1. The second-order valence-electron chi connectivity index (χ2n) is 7.04. The van der Waals surface area contributed by atoms with Crippen molar-refractivity contribution in [3.63, 3.8) is 0 Å². The Kier molecular flexibility index (Phi) is 5.45. The molecule has 28 heavy (non-hydrogen) atoms. The van der Waals surface area contributed by atoms with Gasteiger partial charge < -0.3 is 5.32 Å². The van der Waals surface area contributed by atoms with E-state index in [1.54, 1.807) is 24.5 Å². The van der Waals surface area contributed by atoms with Gasteiger partial charge in [0.1, 0.15) is 5.82 Å². The number of nitrogens with zero attached hydrogens (tertiary/aromatic N) is 1. The van der Waals surface area contributed by atoms with Crippen LogP contribution >= 0.6 is 0 Å². The predicted octanol–water partition coefficient (Wildman–Crippen LogP) is 5.73. The second-order valence-corrected chi connectivity index (χ2v) is 7.04. The Morgan fingerprint density at radius 2 is 1.75 bits per heavy atom. The molecular weight excluding hydrogens is 347 g/mol. The molecule has 0 amide bonds. The highest BCUT2D eigenvalue weighted by Gasteiger charge is 2.23. The van der Waals surface area contributed by atoms with E-state index in [0.717, 1.165) is 36.2 Å². The van der Waals surface area contributed by atoms with Crippen molar-refractivity contribution in [3.8, 4) is 0 Å². The van der Waals surface area contributed by atoms with E-state index >= 15 is 0 Å². The van der Waals surface area contributed by atoms with Crippen LogP contribution in [0.25, 0.3) is 17.2 Å². The van der Waals surface area contributed by atoms with Crippen LogP contribution in [0.15, 0.2) is 78.6 Å². The minimum Gasteiger partial charge on any atom is -0.312 e. The summed E-state index contributed by atoms with van der Waals surface area (Å²) in [6.45, 7) is 3.82. The molecule has 3 aromatic rings. The third-order valence-corrected chi connectivity index (χ3v) is 5.19. The van der Waals surface area contributed by atoms with E-state index in [2.05, 4.69) is 47.6 Å². The summed E-state index contributed by atoms with van der Waals surface area (Å²) in [5.74, 6) is -0.188. The SMILES string of the molecule is CC1=C(CCNCc2ccccc2)c2cc(F)ccc2C1=Cc1ccncc1. The lowest BCUT2D eigenvalue weighted by atomic mass is 10.0. The number of benzene rings is 2. The molecule has 1 aliphatic carbocycles. The van der Waals surface area contributed by atoms with Crippen LogP contribution in [0.4, 0.5) is 4.39 Å². The first-order chi connectivity index (χ1) is 13.7. The van der Waals surface area contributed by atoms with Crippen molar-refractivity contribution in [2.75, 3.05) is 6.54 Å². The van der Waals surface area contributed by atoms with Gasteiger partial charge in [0.2, 0.25) is 0 Å². The molecule has 0 aliphatic heterocycles. The molecular formula is C25H23FN2. The maximum Gasteiger partial charge on any atom is 0.123 e. The molecule has 0 saturated carbocycles. The van der Waals surface area contributed by atoms with Crippen LogP contribution in [0.3, 0.4) is 0 Å². The molecule has 2 nitrogen and oxygen atoms in total. The molecule has 140 valence electrons. The van der Waals surface area contributed by atoms with Gasteiger partial charge in [-0.1, -0.05) is 36.4 Å². The number of halogens is 1. The smallest absolute Gasteiger partial charge is 0.123 e. The van der Waals surface area contributed by atoms with E-state index in [1.807, 2.05) is 24.3 Å². The highest BCUT2D eigenvalue weighted by atomic mass is 19.1. The van der Waals surface area contributed by atoms with Gasteiger partial charge in [-0.15, -0.1) is 0 Å². The van der Waals surface area contributed by atoms with Crippen LogP contribution in [0.5, 0.6) is 0 Å². The quantitative estimate of drug-likeness (QED) is 0.561. The molecule has 1 N–H and O–H groups in total. The highest BCUT2D eigenvalue weighted by molar-refractivity contribution is 6.05. The van der Waals surface area contributed by atoms with Crippen molar-refractivity contribution >= 4 is 17.2 Å². The van der Waals surface area contributed by atoms with Gasteiger partial charge in [-0.3, -0.25) is 4.98 Å². The summed E-state index contributed by atoms with van der Waals surface area (Å²) in [6, 6.07) is 19.4. The minimum atomic E-state index is -0.188. The van der Waals surface area contributed by atoms with Gasteiger partial charge in [-0.2, -0.15) is 0 Å². The zero-order valence-electron chi connectivity index (χ0n) is 16.0. The second kappa shape index (κ2) is 8.32. The van der Waals surface area contributed by atoms with Gasteiger partial charge in [0, 0.05) is 18.9 Å². The molecule has 0 fully saturated rings. The summed E-state index contributed by atoms with van der Waals surface area (Å²) in [7, 11) is 0. The van der Waals surface area contributed by atoms with E-state index in [0.29, 0.717) is 0 Å². The predicted molar refractivity (Wildman–Crippen MR) is 114 cm³/mol. The van der Waals surface area contributed by atoms with Gasteiger partial charge >= 0.3 is 0 Å². The largest absolute Gasteiger partial charge is 0.312 e. The fourth-order valence-corrected chi connectivity index (χ4v) is 3.74. The minimum absolute atomic E-state index is 0.188. The summed E-state index contributed by atoms with van der Waals surface area (Å²) < 4.78 is 14.0. The molecule has 0 bridgehead atoms. The van der Waals surface area contributed by atoms with Crippen molar-refractivity contribution in [1.29, 1.82) is 0 Å². The number of allylic oxidation sites excluding steroid dienone is 2. The molecule has 0 spiro atoms. The average molecular weight is 370 g/mol. The fraction of sp³-hybridized carbons (Fsp3) is 0.160. The Bertz CT molecular complexity index is 1020. The van der Waals surface area contributed by atoms with E-state index in [4.69, 9.17) is 0 Å². The van der Waals surface area contributed by atoms with Crippen molar-refractivity contribution in [2.45, 2.75) is 19.9 Å². The van der Waals surface area contributed by atoms with Gasteiger partial charge in [-0.05, 0) is 89.2 Å². The van der Waals surface area contributed by atoms with Crippen molar-refractivity contribution in [2.24, 2.45) is 0 Å². The standard InChI is InChI=1S/C25H23FN2/c1-18-22(11-14-28-17-20-5-3-2-4-6-20)25-16-21(26)7-8-23(25)24(18)15-19-9-12-27-13-10-19/h2-10,12-13,15-16,28H,11,14,17H2,1H3. The number of hydrogen-bond acceptors (Lipinski definition) is 2. The lowest BCUT2D eigenvalue weighted by molar-refractivity contribution is 0.627. The Balaban J connectivity index is 1.56. The maximum absolute atomic E-state index is 14.0. The van der Waals surface area contributed by atoms with E-state index < -0.39 is 0 Å². The maximum atomic E-state index is 14.0. The topological polar surface area (TPSA) is 24.9 Å². The summed E-state index contributed by atoms with van der Waals surface area (Å²) >= 11 is 0. The molecule has 1 aromatic heterocycles. The monoisotopic (exact) mass is 370 g/mol. The Morgan fingerprint density at radius 3 is 2.54 bits per heavy atom. The number of hydrogen-bond donors (Lipinski definition) is 1. The molecule has 1 aliphatic rings. The molecule has 3 heteroatoms. The van der Waals surface area contributed by atoms with Crippen molar-refractivity contribution in [3.05, 3.63) is 107 Å². The van der Waals surface area contributed by atoms with Crippen LogP contribution in [0.1, 0.15) is 35.6 Å². The number of fused-ring (bicyclic) bond motifs is 1. The lowest BCUT2D eigenvalue weighted by Gasteiger charge is -2.08. The summed E-state index contributed by atoms with van der Waals surface area (Å²) in [5, 5.41) is 3.50. The first-order valence-electron chi connectivity index (χ1n) is 9.59. The van der Waals surface area contributed by atoms with Crippen LogP contribution in [-0.2, 0) is 6.54 Å². The Morgan fingerprint density at radius 1 is 0.964 bits per heavy atom. The third-order valence-electron chi connectivity index (χ3n) is 5.19. The zero-order chi connectivity index (χ0) is 19.3. The third kappa shape index (κ3) is 3.95. The van der Waals surface area contributed by atoms with Gasteiger partial charge in [0.25, 0.3) is 0 Å². The van der Waals surface area contributed by atoms with Crippen LogP contribution in [0, 0.1) is 5.82 Å². The zero-order valence-corrected chi connectivity index (χ0v) is 16.0. The first-order valence-corrected chi connectivity index (χ1v) is 9.59. The molecule has 0 atom stereocenters. The summed E-state index contributed by atoms with van der Waals surface area (Å²) in [5.41, 5.74) is 8.09. The Labute approximate surface area is 165 Å². The van der Waals surface area contributed by atoms with E-state index in [-0.39, 0.29) is 5.82 Å². The van der Waals surface area contributed by atoms with Crippen LogP contribution < -0.4 is 5.32 Å². The number of nitrogens with one attached hydrogen (secondary N) is 1. The molecule has 0 radical (unpaired) electrons. The normalized spacial score (nSPS) is 14.6. The van der Waals surface area contributed by atoms with Crippen LogP contribution in [-0.4, -0.2) is 11.5 Å². The van der Waals surface area contributed by atoms with Gasteiger partial charge in [0.15, 0.2) is 0 Å². The average Bonchev–Trinajstić information content (AvgIpc) is 2.97. The van der Waals surface area contributed by atoms with Crippen molar-refractivity contribution in [1.82, 2.24) is 10.3 Å². The molecule has 0 saturated heterocycles. The van der Waals surface area contributed by atoms with Crippen molar-refractivity contribution < 1.29 is 4.39 Å². The molecule has 1 heterocycles. The number of rotatable bonds is 6. The molecule has 4 rings (SSSR count). The summed E-state index contributed by atoms with van der Waals surface area (Å²) in [4.78, 5) is 4.09. The first kappa shape index (κ1) is 18.3. The highest BCUT2D eigenvalue weighted by Crippen LogP contribution is 2.43. The van der Waals surface area contributed by atoms with Gasteiger partial charge in [0.05, 0.1) is 0 Å². The van der Waals surface area contributed by atoms with E-state index in [1.165, 1.54) is 22.3 Å². The molecule has 2 aromatic carbocycles. The fourth-order valence-electron chi connectivity index (χ4n) is 3.74. The number of aromatic nitrogens is 1. The summed E-state index contributed by atoms with van der Waals surface area (Å²) in [6.07, 6.45) is 6.61. The lowest BCUT2D eigenvalue weighted by Crippen LogP contribution is -2.15. The van der Waals surface area contributed by atoms with Crippen LogP contribution in [0.2, 0.25) is 0 Å². The van der Waals surface area contributed by atoms with E-state index in [9.17, 15) is 4.39 Å².